The van der Waals surface area contributed by atoms with Crippen molar-refractivity contribution in [3.8, 4) is 0 Å². The summed E-state index contributed by atoms with van der Waals surface area (Å²) in [6.45, 7) is 2.88. The Morgan fingerprint density at radius 2 is 2.11 bits per heavy atom. The summed E-state index contributed by atoms with van der Waals surface area (Å²) in [6, 6.07) is 2.02. The highest BCUT2D eigenvalue weighted by Crippen LogP contribution is 2.31. The fourth-order valence-electron chi connectivity index (χ4n) is 2.39. The van der Waals surface area contributed by atoms with Crippen molar-refractivity contribution in [3.05, 3.63) is 30.1 Å². The van der Waals surface area contributed by atoms with Crippen molar-refractivity contribution < 1.29 is 0 Å². The number of hydrogen-bond donors (Lipinski definition) is 1. The van der Waals surface area contributed by atoms with Gasteiger partial charge in [0.15, 0.2) is 5.82 Å². The predicted molar refractivity (Wildman–Crippen MR) is 67.1 cm³/mol. The van der Waals surface area contributed by atoms with E-state index in [-0.39, 0.29) is 6.04 Å². The maximum Gasteiger partial charge on any atom is 0.225 e. The van der Waals surface area contributed by atoms with Gasteiger partial charge in [-0.05, 0) is 32.3 Å². The van der Waals surface area contributed by atoms with Crippen molar-refractivity contribution in [2.24, 2.45) is 0 Å². The van der Waals surface area contributed by atoms with Crippen molar-refractivity contribution in [1.82, 2.24) is 25.1 Å². The molecular formula is C12H16N6. The first kappa shape index (κ1) is 11.1. The number of nitrogens with zero attached hydrogens (tertiary/aromatic N) is 5. The van der Waals surface area contributed by atoms with Gasteiger partial charge in [-0.3, -0.25) is 5.10 Å². The van der Waals surface area contributed by atoms with E-state index in [0.717, 1.165) is 37.0 Å². The van der Waals surface area contributed by atoms with Gasteiger partial charge in [-0.2, -0.15) is 5.10 Å². The van der Waals surface area contributed by atoms with Crippen molar-refractivity contribution in [1.29, 1.82) is 0 Å². The molecular weight excluding hydrogens is 228 g/mol. The van der Waals surface area contributed by atoms with Gasteiger partial charge in [-0.1, -0.05) is 0 Å². The fraction of sp³-hybridized carbons (Fsp3) is 0.500. The van der Waals surface area contributed by atoms with Gasteiger partial charge in [0.2, 0.25) is 5.95 Å². The molecule has 0 aliphatic carbocycles. The molecule has 1 saturated heterocycles. The van der Waals surface area contributed by atoms with Crippen LogP contribution in [0, 0.1) is 6.92 Å². The fourth-order valence-corrected chi connectivity index (χ4v) is 2.39. The molecule has 1 aliphatic rings. The van der Waals surface area contributed by atoms with E-state index in [9.17, 15) is 0 Å². The molecule has 0 radical (unpaired) electrons. The largest absolute Gasteiger partial charge is 0.330 e. The van der Waals surface area contributed by atoms with Gasteiger partial charge in [-0.15, -0.1) is 0 Å². The summed E-state index contributed by atoms with van der Waals surface area (Å²) in [6.07, 6.45) is 6.96. The zero-order valence-electron chi connectivity index (χ0n) is 10.4. The van der Waals surface area contributed by atoms with Crippen molar-refractivity contribution >= 4 is 5.95 Å². The first-order valence-electron chi connectivity index (χ1n) is 6.27. The van der Waals surface area contributed by atoms with Crippen LogP contribution in [0.1, 0.15) is 37.0 Å². The molecule has 1 atom stereocenters. The van der Waals surface area contributed by atoms with Gasteiger partial charge in [0.05, 0.1) is 6.04 Å². The molecule has 18 heavy (non-hydrogen) atoms. The second-order valence-corrected chi connectivity index (χ2v) is 4.53. The van der Waals surface area contributed by atoms with E-state index < -0.39 is 0 Å². The maximum absolute atomic E-state index is 4.45. The van der Waals surface area contributed by atoms with Gasteiger partial charge >= 0.3 is 0 Å². The minimum absolute atomic E-state index is 0.186. The maximum atomic E-state index is 4.45. The molecule has 0 spiro atoms. The molecule has 0 amide bonds. The standard InChI is InChI=1S/C12H16N6/c1-9-15-11(17-16-9)10-5-2-3-8-18(10)12-13-6-4-7-14-12/h4,6-7,10H,2-3,5,8H2,1H3,(H,15,16,17)/t10-/m1/s1. The zero-order chi connectivity index (χ0) is 12.4. The van der Waals surface area contributed by atoms with Crippen molar-refractivity contribution in [2.45, 2.75) is 32.2 Å². The van der Waals surface area contributed by atoms with Crippen LogP contribution in [0.4, 0.5) is 5.95 Å². The van der Waals surface area contributed by atoms with Gasteiger partial charge in [-0.25, -0.2) is 15.0 Å². The third-order valence-electron chi connectivity index (χ3n) is 3.22. The number of aryl methyl sites for hydroxylation is 1. The van der Waals surface area contributed by atoms with Gasteiger partial charge in [0.1, 0.15) is 5.82 Å². The van der Waals surface area contributed by atoms with E-state index in [1.54, 1.807) is 12.4 Å². The van der Waals surface area contributed by atoms with Crippen LogP contribution >= 0.6 is 0 Å². The number of aromatic nitrogens is 5. The van der Waals surface area contributed by atoms with Gasteiger partial charge in [0, 0.05) is 18.9 Å². The first-order chi connectivity index (χ1) is 8.84. The van der Waals surface area contributed by atoms with Gasteiger partial charge in [0.25, 0.3) is 0 Å². The summed E-state index contributed by atoms with van der Waals surface area (Å²) in [5, 5.41) is 7.19. The number of nitrogens with one attached hydrogen (secondary N) is 1. The predicted octanol–water partition coefficient (Wildman–Crippen LogP) is 1.63. The van der Waals surface area contributed by atoms with Crippen LogP contribution in [0.25, 0.3) is 0 Å². The van der Waals surface area contributed by atoms with Crippen molar-refractivity contribution in [3.63, 3.8) is 0 Å². The summed E-state index contributed by atoms with van der Waals surface area (Å²) in [4.78, 5) is 15.3. The smallest absolute Gasteiger partial charge is 0.225 e. The molecule has 1 N–H and O–H groups in total. The molecule has 2 aromatic heterocycles. The summed E-state index contributed by atoms with van der Waals surface area (Å²) in [5.41, 5.74) is 0. The average molecular weight is 244 g/mol. The van der Waals surface area contributed by atoms with Crippen LogP contribution in [0.5, 0.6) is 0 Å². The topological polar surface area (TPSA) is 70.6 Å². The number of piperidine rings is 1. The molecule has 1 aliphatic heterocycles. The van der Waals surface area contributed by atoms with E-state index in [0.29, 0.717) is 0 Å². The summed E-state index contributed by atoms with van der Waals surface area (Å²) in [5.74, 6) is 2.47. The SMILES string of the molecule is Cc1nc([C@H]2CCCCN2c2ncccn2)n[nH]1. The minimum atomic E-state index is 0.186. The molecule has 3 rings (SSSR count). The lowest BCUT2D eigenvalue weighted by atomic mass is 10.0. The molecule has 2 aromatic rings. The average Bonchev–Trinajstić information content (AvgIpc) is 2.86. The molecule has 0 unspecified atom stereocenters. The molecule has 6 heteroatoms. The highest BCUT2D eigenvalue weighted by Gasteiger charge is 2.28. The molecule has 0 saturated carbocycles. The van der Waals surface area contributed by atoms with Crippen LogP contribution in [0.2, 0.25) is 0 Å². The van der Waals surface area contributed by atoms with Crippen LogP contribution in [-0.2, 0) is 0 Å². The third kappa shape index (κ3) is 2.05. The Morgan fingerprint density at radius 3 is 2.83 bits per heavy atom. The monoisotopic (exact) mass is 244 g/mol. The molecule has 94 valence electrons. The summed E-state index contributed by atoms with van der Waals surface area (Å²) < 4.78 is 0. The Balaban J connectivity index is 1.91. The number of anilines is 1. The lowest BCUT2D eigenvalue weighted by Crippen LogP contribution is -2.35. The number of H-pyrrole nitrogens is 1. The quantitative estimate of drug-likeness (QED) is 0.869. The van der Waals surface area contributed by atoms with Crippen LogP contribution in [0.15, 0.2) is 18.5 Å². The lowest BCUT2D eigenvalue weighted by molar-refractivity contribution is 0.450. The third-order valence-corrected chi connectivity index (χ3v) is 3.22. The Hall–Kier alpha value is -1.98. The van der Waals surface area contributed by atoms with E-state index >= 15 is 0 Å². The van der Waals surface area contributed by atoms with Crippen LogP contribution in [-0.4, -0.2) is 31.7 Å². The number of rotatable bonds is 2. The highest BCUT2D eigenvalue weighted by molar-refractivity contribution is 5.33. The normalized spacial score (nSPS) is 20.1. The molecule has 3 heterocycles. The summed E-state index contributed by atoms with van der Waals surface area (Å²) in [7, 11) is 0. The van der Waals surface area contributed by atoms with Gasteiger partial charge < -0.3 is 4.90 Å². The Labute approximate surface area is 105 Å². The molecule has 1 fully saturated rings. The van der Waals surface area contributed by atoms with Crippen LogP contribution < -0.4 is 4.90 Å². The van der Waals surface area contributed by atoms with E-state index in [1.807, 2.05) is 13.0 Å². The lowest BCUT2D eigenvalue weighted by Gasteiger charge is -2.33. The number of hydrogen-bond acceptors (Lipinski definition) is 5. The first-order valence-corrected chi connectivity index (χ1v) is 6.27. The Bertz CT molecular complexity index is 508. The molecule has 0 aromatic carbocycles. The van der Waals surface area contributed by atoms with E-state index in [2.05, 4.69) is 30.0 Å². The second-order valence-electron chi connectivity index (χ2n) is 4.53. The molecule has 0 bridgehead atoms. The van der Waals surface area contributed by atoms with Crippen LogP contribution in [0.3, 0.4) is 0 Å². The van der Waals surface area contributed by atoms with E-state index in [1.165, 1.54) is 6.42 Å². The second kappa shape index (κ2) is 4.72. The Morgan fingerprint density at radius 1 is 1.28 bits per heavy atom. The number of aromatic amines is 1. The van der Waals surface area contributed by atoms with Crippen molar-refractivity contribution in [2.75, 3.05) is 11.4 Å². The Kier molecular flexibility index (Phi) is 2.92. The zero-order valence-corrected chi connectivity index (χ0v) is 10.4. The van der Waals surface area contributed by atoms with E-state index in [4.69, 9.17) is 0 Å². The highest BCUT2D eigenvalue weighted by atomic mass is 15.3. The minimum Gasteiger partial charge on any atom is -0.330 e. The molecule has 6 nitrogen and oxygen atoms in total. The summed E-state index contributed by atoms with van der Waals surface area (Å²) >= 11 is 0.